The van der Waals surface area contributed by atoms with Crippen LogP contribution in [-0.2, 0) is 4.74 Å². The van der Waals surface area contributed by atoms with Gasteiger partial charge < -0.3 is 4.74 Å². The molecule has 0 aliphatic carbocycles. The van der Waals surface area contributed by atoms with Crippen LogP contribution in [0.25, 0.3) is 0 Å². The average Bonchev–Trinajstić information content (AvgIpc) is 2.33. The molecule has 6 heteroatoms. The first-order valence-corrected chi connectivity index (χ1v) is 5.37. The monoisotopic (exact) mass is 286 g/mol. The molecule has 2 nitrogen and oxygen atoms in total. The maximum atomic E-state index is 13.2. The Labute approximate surface area is 91.8 Å². The molecule has 0 saturated carbocycles. The van der Waals surface area contributed by atoms with E-state index in [0.29, 0.717) is 0 Å². The summed E-state index contributed by atoms with van der Waals surface area (Å²) < 4.78 is 18.1. The molecule has 0 saturated heterocycles. The molecule has 0 amide bonds. The minimum atomic E-state index is -0.683. The van der Waals surface area contributed by atoms with Crippen LogP contribution in [0.15, 0.2) is 4.47 Å². The van der Waals surface area contributed by atoms with Crippen molar-refractivity contribution in [2.45, 2.75) is 6.92 Å². The number of ether oxygens (including phenoxy) is 1. The van der Waals surface area contributed by atoms with Crippen LogP contribution >= 0.6 is 38.9 Å². The summed E-state index contributed by atoms with van der Waals surface area (Å²) >= 11 is 9.38. The summed E-state index contributed by atoms with van der Waals surface area (Å²) in [5.41, 5.74) is 0. The SMILES string of the molecule is CCOC(=O)c1sc(Cl)c(Br)c1F. The van der Waals surface area contributed by atoms with Gasteiger partial charge in [-0.05, 0) is 22.9 Å². The minimum Gasteiger partial charge on any atom is -0.462 e. The molecule has 1 rings (SSSR count). The number of hydrogen-bond acceptors (Lipinski definition) is 3. The van der Waals surface area contributed by atoms with E-state index in [1.54, 1.807) is 6.92 Å². The van der Waals surface area contributed by atoms with Gasteiger partial charge in [0.1, 0.15) is 4.34 Å². The van der Waals surface area contributed by atoms with Crippen molar-refractivity contribution >= 4 is 44.8 Å². The minimum absolute atomic E-state index is 0.0984. The summed E-state index contributed by atoms with van der Waals surface area (Å²) in [4.78, 5) is 11.0. The van der Waals surface area contributed by atoms with E-state index in [-0.39, 0.29) is 20.3 Å². The first kappa shape index (κ1) is 10.9. The zero-order chi connectivity index (χ0) is 10.0. The van der Waals surface area contributed by atoms with Crippen molar-refractivity contribution < 1.29 is 13.9 Å². The van der Waals surface area contributed by atoms with Gasteiger partial charge in [0.15, 0.2) is 10.7 Å². The summed E-state index contributed by atoms with van der Waals surface area (Å²) in [6.07, 6.45) is 0. The van der Waals surface area contributed by atoms with E-state index in [1.807, 2.05) is 0 Å². The number of hydrogen-bond donors (Lipinski definition) is 0. The summed E-state index contributed by atoms with van der Waals surface area (Å²) in [5.74, 6) is -1.34. The molecule has 72 valence electrons. The molecule has 0 unspecified atom stereocenters. The fourth-order valence-electron chi connectivity index (χ4n) is 0.693. The van der Waals surface area contributed by atoms with Gasteiger partial charge in [0, 0.05) is 0 Å². The molecule has 1 aromatic rings. The third-order valence-electron chi connectivity index (χ3n) is 1.22. The topological polar surface area (TPSA) is 26.3 Å². The Morgan fingerprint density at radius 1 is 1.77 bits per heavy atom. The van der Waals surface area contributed by atoms with Crippen molar-refractivity contribution in [2.24, 2.45) is 0 Å². The van der Waals surface area contributed by atoms with E-state index in [9.17, 15) is 9.18 Å². The van der Waals surface area contributed by atoms with E-state index < -0.39 is 11.8 Å². The lowest BCUT2D eigenvalue weighted by atomic mass is 10.4. The highest BCUT2D eigenvalue weighted by Gasteiger charge is 2.21. The summed E-state index contributed by atoms with van der Waals surface area (Å²) in [7, 11) is 0. The Kier molecular flexibility index (Phi) is 3.70. The van der Waals surface area contributed by atoms with E-state index in [1.165, 1.54) is 0 Å². The molecular formula is C7H5BrClFO2S. The summed E-state index contributed by atoms with van der Waals surface area (Å²) in [6.45, 7) is 1.87. The quantitative estimate of drug-likeness (QED) is 0.779. The predicted molar refractivity (Wildman–Crippen MR) is 52.9 cm³/mol. The molecule has 0 N–H and O–H groups in total. The first-order valence-electron chi connectivity index (χ1n) is 3.38. The van der Waals surface area contributed by atoms with Crippen LogP contribution in [0.3, 0.4) is 0 Å². The zero-order valence-corrected chi connectivity index (χ0v) is 9.72. The van der Waals surface area contributed by atoms with Crippen LogP contribution in [-0.4, -0.2) is 12.6 Å². The lowest BCUT2D eigenvalue weighted by Crippen LogP contribution is -2.03. The number of rotatable bonds is 2. The molecule has 0 spiro atoms. The lowest BCUT2D eigenvalue weighted by Gasteiger charge is -1.97. The van der Waals surface area contributed by atoms with Gasteiger partial charge >= 0.3 is 5.97 Å². The number of halogens is 3. The number of esters is 1. The van der Waals surface area contributed by atoms with E-state index in [4.69, 9.17) is 11.6 Å². The Hall–Kier alpha value is -0.130. The zero-order valence-electron chi connectivity index (χ0n) is 6.57. The molecule has 0 aliphatic heterocycles. The molecule has 0 radical (unpaired) electrons. The fraction of sp³-hybridized carbons (Fsp3) is 0.286. The van der Waals surface area contributed by atoms with E-state index in [0.717, 1.165) is 11.3 Å². The van der Waals surface area contributed by atoms with Crippen molar-refractivity contribution in [1.29, 1.82) is 0 Å². The van der Waals surface area contributed by atoms with Crippen molar-refractivity contribution in [3.63, 3.8) is 0 Å². The maximum Gasteiger partial charge on any atom is 0.351 e. The van der Waals surface area contributed by atoms with Gasteiger partial charge in [-0.1, -0.05) is 11.6 Å². The molecule has 0 bridgehead atoms. The largest absolute Gasteiger partial charge is 0.462 e. The predicted octanol–water partition coefficient (Wildman–Crippen LogP) is 3.48. The summed E-state index contributed by atoms with van der Waals surface area (Å²) in [6, 6.07) is 0. The van der Waals surface area contributed by atoms with E-state index >= 15 is 0 Å². The van der Waals surface area contributed by atoms with Crippen LogP contribution in [0.5, 0.6) is 0 Å². The van der Waals surface area contributed by atoms with Crippen LogP contribution in [0.2, 0.25) is 4.34 Å². The van der Waals surface area contributed by atoms with Gasteiger partial charge in [-0.2, -0.15) is 0 Å². The fourth-order valence-corrected chi connectivity index (χ4v) is 2.27. The Bertz CT molecular complexity index is 339. The van der Waals surface area contributed by atoms with Crippen molar-refractivity contribution in [3.8, 4) is 0 Å². The molecule has 13 heavy (non-hydrogen) atoms. The third-order valence-corrected chi connectivity index (χ3v) is 3.81. The highest BCUT2D eigenvalue weighted by molar-refractivity contribution is 9.10. The van der Waals surface area contributed by atoms with Gasteiger partial charge in [0.2, 0.25) is 0 Å². The van der Waals surface area contributed by atoms with E-state index in [2.05, 4.69) is 20.7 Å². The van der Waals surface area contributed by atoms with Gasteiger partial charge in [0.05, 0.1) is 11.1 Å². The number of carbonyl (C=O) groups is 1. The first-order chi connectivity index (χ1) is 6.07. The van der Waals surface area contributed by atoms with Crippen LogP contribution in [0.4, 0.5) is 4.39 Å². The van der Waals surface area contributed by atoms with Gasteiger partial charge in [-0.25, -0.2) is 9.18 Å². The van der Waals surface area contributed by atoms with Crippen molar-refractivity contribution in [1.82, 2.24) is 0 Å². The molecule has 0 fully saturated rings. The van der Waals surface area contributed by atoms with Gasteiger partial charge in [0.25, 0.3) is 0 Å². The third kappa shape index (κ3) is 2.21. The molecule has 1 aromatic heterocycles. The second-order valence-electron chi connectivity index (χ2n) is 2.05. The molecular weight excluding hydrogens is 282 g/mol. The molecule has 0 aromatic carbocycles. The second-order valence-corrected chi connectivity index (χ2v) is 4.47. The number of thiophene rings is 1. The lowest BCUT2D eigenvalue weighted by molar-refractivity contribution is 0.0527. The Balaban J connectivity index is 3.01. The standard InChI is InChI=1S/C7H5BrClFO2S/c1-2-12-7(11)5-4(10)3(8)6(9)13-5/h2H2,1H3. The van der Waals surface area contributed by atoms with Gasteiger partial charge in [-0.15, -0.1) is 11.3 Å². The highest BCUT2D eigenvalue weighted by Crippen LogP contribution is 2.36. The molecule has 0 aliphatic rings. The van der Waals surface area contributed by atoms with Crippen molar-refractivity contribution in [2.75, 3.05) is 6.61 Å². The Morgan fingerprint density at radius 2 is 2.38 bits per heavy atom. The summed E-state index contributed by atoms with van der Waals surface area (Å²) in [5, 5.41) is 0. The normalized spacial score (nSPS) is 10.2. The Morgan fingerprint density at radius 3 is 2.77 bits per heavy atom. The second kappa shape index (κ2) is 4.39. The van der Waals surface area contributed by atoms with Crippen LogP contribution in [0, 0.1) is 5.82 Å². The highest BCUT2D eigenvalue weighted by atomic mass is 79.9. The van der Waals surface area contributed by atoms with Gasteiger partial charge in [-0.3, -0.25) is 0 Å². The molecule has 1 heterocycles. The molecule has 0 atom stereocenters. The van der Waals surface area contributed by atoms with Crippen molar-refractivity contribution in [3.05, 3.63) is 19.5 Å². The van der Waals surface area contributed by atoms with Crippen LogP contribution in [0.1, 0.15) is 16.6 Å². The smallest absolute Gasteiger partial charge is 0.351 e. The average molecular weight is 288 g/mol. The number of carbonyl (C=O) groups excluding carboxylic acids is 1. The van der Waals surface area contributed by atoms with Crippen LogP contribution < -0.4 is 0 Å². The maximum absolute atomic E-state index is 13.2.